The van der Waals surface area contributed by atoms with Crippen molar-refractivity contribution in [1.29, 1.82) is 0 Å². The monoisotopic (exact) mass is 170 g/mol. The summed E-state index contributed by atoms with van der Waals surface area (Å²) in [7, 11) is 0. The molecule has 1 amide bonds. The smallest absolute Gasteiger partial charge is 0.247 e. The summed E-state index contributed by atoms with van der Waals surface area (Å²) in [4.78, 5) is 12.8. The van der Waals surface area contributed by atoms with Gasteiger partial charge in [0.1, 0.15) is 11.4 Å². The summed E-state index contributed by atoms with van der Waals surface area (Å²) in [6, 6.07) is -0.260. The molecule has 60 valence electrons. The molecule has 2 aliphatic heterocycles. The third kappa shape index (κ3) is 0.895. The van der Waals surface area contributed by atoms with Crippen LogP contribution in [0.1, 0.15) is 6.92 Å². The van der Waals surface area contributed by atoms with Gasteiger partial charge in [0, 0.05) is 12.0 Å². The van der Waals surface area contributed by atoms with Crippen molar-refractivity contribution in [1.82, 2.24) is 4.90 Å². The molecule has 11 heavy (non-hydrogen) atoms. The molecule has 1 fully saturated rings. The minimum atomic E-state index is -0.260. The highest BCUT2D eigenvalue weighted by Gasteiger charge is 2.45. The SMILES string of the molecule is CC1=CN2C(=O)C(N)C2SC1. The van der Waals surface area contributed by atoms with Crippen molar-refractivity contribution < 1.29 is 4.79 Å². The highest BCUT2D eigenvalue weighted by atomic mass is 32.2. The Kier molecular flexibility index (Phi) is 1.47. The Morgan fingerprint density at radius 2 is 2.55 bits per heavy atom. The summed E-state index contributed by atoms with van der Waals surface area (Å²) in [5.74, 6) is 1.06. The second-order valence-corrected chi connectivity index (χ2v) is 4.05. The second-order valence-electron chi connectivity index (χ2n) is 2.95. The number of hydrogen-bond donors (Lipinski definition) is 1. The summed E-state index contributed by atoms with van der Waals surface area (Å²) in [6.45, 7) is 2.03. The van der Waals surface area contributed by atoms with Crippen LogP contribution in [-0.2, 0) is 4.79 Å². The molecule has 3 nitrogen and oxygen atoms in total. The van der Waals surface area contributed by atoms with E-state index in [0.29, 0.717) is 0 Å². The molecule has 2 unspecified atom stereocenters. The zero-order chi connectivity index (χ0) is 8.01. The molecule has 1 saturated heterocycles. The van der Waals surface area contributed by atoms with Gasteiger partial charge in [-0.1, -0.05) is 0 Å². The van der Waals surface area contributed by atoms with Gasteiger partial charge in [-0.15, -0.1) is 11.8 Å². The highest BCUT2D eigenvalue weighted by molar-refractivity contribution is 8.00. The van der Waals surface area contributed by atoms with Crippen LogP contribution in [0.5, 0.6) is 0 Å². The first-order chi connectivity index (χ1) is 5.20. The number of nitrogens with two attached hydrogens (primary N) is 1. The molecule has 2 heterocycles. The predicted octanol–water partition coefficient (Wildman–Crippen LogP) is 0.133. The molecule has 0 saturated carbocycles. The van der Waals surface area contributed by atoms with E-state index in [1.165, 1.54) is 5.57 Å². The van der Waals surface area contributed by atoms with Gasteiger partial charge in [0.2, 0.25) is 5.91 Å². The van der Waals surface area contributed by atoms with Crippen LogP contribution < -0.4 is 5.73 Å². The van der Waals surface area contributed by atoms with Crippen LogP contribution >= 0.6 is 11.8 Å². The van der Waals surface area contributed by atoms with Gasteiger partial charge >= 0.3 is 0 Å². The Hall–Kier alpha value is -0.480. The van der Waals surface area contributed by atoms with Crippen LogP contribution in [0.15, 0.2) is 11.8 Å². The topological polar surface area (TPSA) is 46.3 Å². The molecule has 4 heteroatoms. The minimum absolute atomic E-state index is 0.0570. The molecule has 0 aliphatic carbocycles. The largest absolute Gasteiger partial charge is 0.317 e. The molecule has 2 N–H and O–H groups in total. The number of carbonyl (C=O) groups excluding carboxylic acids is 1. The molecule has 0 bridgehead atoms. The van der Waals surface area contributed by atoms with Crippen molar-refractivity contribution in [2.75, 3.05) is 5.75 Å². The number of hydrogen-bond acceptors (Lipinski definition) is 3. The van der Waals surface area contributed by atoms with Crippen molar-refractivity contribution in [3.63, 3.8) is 0 Å². The lowest BCUT2D eigenvalue weighted by molar-refractivity contribution is -0.140. The van der Waals surface area contributed by atoms with Crippen molar-refractivity contribution in [2.24, 2.45) is 5.73 Å². The summed E-state index contributed by atoms with van der Waals surface area (Å²) in [6.07, 6.45) is 1.91. The van der Waals surface area contributed by atoms with E-state index < -0.39 is 0 Å². The first kappa shape index (κ1) is 7.18. The number of carbonyl (C=O) groups is 1. The van der Waals surface area contributed by atoms with Gasteiger partial charge in [0.15, 0.2) is 0 Å². The molecule has 0 aromatic heterocycles. The standard InChI is InChI=1S/C7H10N2OS/c1-4-2-9-6(10)5(8)7(9)11-3-4/h2,5,7H,3,8H2,1H3. The molecule has 0 radical (unpaired) electrons. The molecule has 0 aromatic rings. The van der Waals surface area contributed by atoms with Crippen molar-refractivity contribution in [3.8, 4) is 0 Å². The number of amides is 1. The molecule has 2 aliphatic rings. The van der Waals surface area contributed by atoms with Crippen LogP contribution in [0.25, 0.3) is 0 Å². The van der Waals surface area contributed by atoms with E-state index in [9.17, 15) is 4.79 Å². The van der Waals surface area contributed by atoms with Crippen LogP contribution in [0.4, 0.5) is 0 Å². The number of rotatable bonds is 0. The first-order valence-corrected chi connectivity index (χ1v) is 4.61. The Labute approximate surface area is 69.6 Å². The quantitative estimate of drug-likeness (QED) is 0.526. The zero-order valence-electron chi connectivity index (χ0n) is 6.28. The Bertz CT molecular complexity index is 239. The maximum absolute atomic E-state index is 11.1. The van der Waals surface area contributed by atoms with Crippen LogP contribution in [0, 0.1) is 0 Å². The number of fused-ring (bicyclic) bond motifs is 1. The Balaban J connectivity index is 2.20. The minimum Gasteiger partial charge on any atom is -0.317 e. The highest BCUT2D eigenvalue weighted by Crippen LogP contribution is 2.34. The fraction of sp³-hybridized carbons (Fsp3) is 0.571. The van der Waals surface area contributed by atoms with Gasteiger partial charge in [-0.2, -0.15) is 0 Å². The van der Waals surface area contributed by atoms with E-state index in [0.717, 1.165) is 5.75 Å². The van der Waals surface area contributed by atoms with Crippen LogP contribution in [-0.4, -0.2) is 28.0 Å². The zero-order valence-corrected chi connectivity index (χ0v) is 7.10. The van der Waals surface area contributed by atoms with Gasteiger partial charge in [-0.25, -0.2) is 0 Å². The van der Waals surface area contributed by atoms with Gasteiger partial charge in [-0.05, 0) is 12.5 Å². The Morgan fingerprint density at radius 3 is 3.27 bits per heavy atom. The lowest BCUT2D eigenvalue weighted by Crippen LogP contribution is -2.65. The van der Waals surface area contributed by atoms with Gasteiger partial charge < -0.3 is 10.6 Å². The van der Waals surface area contributed by atoms with Crippen LogP contribution in [0.3, 0.4) is 0 Å². The van der Waals surface area contributed by atoms with Gasteiger partial charge in [-0.3, -0.25) is 4.79 Å². The van der Waals surface area contributed by atoms with E-state index in [-0.39, 0.29) is 17.3 Å². The second kappa shape index (κ2) is 2.25. The summed E-state index contributed by atoms with van der Waals surface area (Å²) < 4.78 is 0. The molecule has 2 atom stereocenters. The molecule has 2 rings (SSSR count). The number of β-lactam (4-membered cyclic amide) rings is 1. The van der Waals surface area contributed by atoms with E-state index in [1.54, 1.807) is 16.7 Å². The van der Waals surface area contributed by atoms with Crippen LogP contribution in [0.2, 0.25) is 0 Å². The summed E-state index contributed by atoms with van der Waals surface area (Å²) in [5.41, 5.74) is 6.82. The average Bonchev–Trinajstić information content (AvgIpc) is 2.03. The first-order valence-electron chi connectivity index (χ1n) is 3.57. The lowest BCUT2D eigenvalue weighted by Gasteiger charge is -2.45. The molecule has 0 spiro atoms. The summed E-state index contributed by atoms with van der Waals surface area (Å²) >= 11 is 1.74. The third-order valence-corrected chi connectivity index (χ3v) is 3.45. The van der Waals surface area contributed by atoms with Gasteiger partial charge in [0.25, 0.3) is 0 Å². The van der Waals surface area contributed by atoms with Crippen molar-refractivity contribution in [3.05, 3.63) is 11.8 Å². The lowest BCUT2D eigenvalue weighted by atomic mass is 10.1. The maximum Gasteiger partial charge on any atom is 0.247 e. The van der Waals surface area contributed by atoms with E-state index in [4.69, 9.17) is 5.73 Å². The van der Waals surface area contributed by atoms with Gasteiger partial charge in [0.05, 0.1) is 0 Å². The molecular formula is C7H10N2OS. The maximum atomic E-state index is 11.1. The fourth-order valence-electron chi connectivity index (χ4n) is 1.32. The number of thioether (sulfide) groups is 1. The fourth-order valence-corrected chi connectivity index (χ4v) is 2.48. The Morgan fingerprint density at radius 1 is 1.82 bits per heavy atom. The van der Waals surface area contributed by atoms with E-state index in [2.05, 4.69) is 0 Å². The molecule has 0 aromatic carbocycles. The predicted molar refractivity (Wildman–Crippen MR) is 44.8 cm³/mol. The van der Waals surface area contributed by atoms with Crippen molar-refractivity contribution in [2.45, 2.75) is 18.3 Å². The van der Waals surface area contributed by atoms with E-state index >= 15 is 0 Å². The normalized spacial score (nSPS) is 36.0. The average molecular weight is 170 g/mol. The molecular weight excluding hydrogens is 160 g/mol. The van der Waals surface area contributed by atoms with Crippen molar-refractivity contribution >= 4 is 17.7 Å². The third-order valence-electron chi connectivity index (χ3n) is 1.96. The number of nitrogens with zero attached hydrogens (tertiary/aromatic N) is 1. The summed E-state index contributed by atoms with van der Waals surface area (Å²) in [5, 5.41) is 0.214. The van der Waals surface area contributed by atoms with E-state index in [1.807, 2.05) is 13.1 Å².